The highest BCUT2D eigenvalue weighted by atomic mass is 35.5. The molecular weight excluding hydrogens is 391 g/mol. The van der Waals surface area contributed by atoms with Gasteiger partial charge in [0, 0.05) is 19.4 Å². The molecule has 0 aliphatic heterocycles. The maximum absolute atomic E-state index is 13.2. The van der Waals surface area contributed by atoms with E-state index in [0.29, 0.717) is 24.5 Å². The van der Waals surface area contributed by atoms with Gasteiger partial charge in [-0.3, -0.25) is 5.10 Å². The van der Waals surface area contributed by atoms with Gasteiger partial charge in [-0.15, -0.1) is 0 Å². The summed E-state index contributed by atoms with van der Waals surface area (Å²) in [4.78, 5) is 4.29. The third-order valence-corrected chi connectivity index (χ3v) is 5.62. The average molecular weight is 409 g/mol. The summed E-state index contributed by atoms with van der Waals surface area (Å²) in [5.74, 6) is 0.554. The lowest BCUT2D eigenvalue weighted by Gasteiger charge is -2.06. The fourth-order valence-corrected chi connectivity index (χ4v) is 3.87. The molecule has 0 amide bonds. The van der Waals surface area contributed by atoms with Crippen LogP contribution in [0, 0.1) is 12.7 Å². The molecule has 6 nitrogen and oxygen atoms in total. The second-order valence-corrected chi connectivity index (χ2v) is 8.26. The van der Waals surface area contributed by atoms with Gasteiger partial charge in [0.15, 0.2) is 5.82 Å². The number of hydrogen-bond donors (Lipinski definition) is 2. The van der Waals surface area contributed by atoms with Crippen LogP contribution in [-0.2, 0) is 22.9 Å². The van der Waals surface area contributed by atoms with Gasteiger partial charge in [0.05, 0.1) is 9.92 Å². The number of hydrogen-bond acceptors (Lipinski definition) is 4. The van der Waals surface area contributed by atoms with Crippen LogP contribution in [0.4, 0.5) is 4.39 Å². The van der Waals surface area contributed by atoms with Crippen LogP contribution in [0.15, 0.2) is 47.4 Å². The van der Waals surface area contributed by atoms with E-state index >= 15 is 0 Å². The molecule has 142 valence electrons. The van der Waals surface area contributed by atoms with Gasteiger partial charge in [-0.25, -0.2) is 22.5 Å². The van der Waals surface area contributed by atoms with E-state index in [2.05, 4.69) is 26.0 Å². The lowest BCUT2D eigenvalue weighted by molar-refractivity contribution is 0.580. The molecule has 2 aromatic carbocycles. The number of aryl methyl sites for hydroxylation is 1. The normalized spacial score (nSPS) is 11.7. The Morgan fingerprint density at radius 1 is 1.22 bits per heavy atom. The topological polar surface area (TPSA) is 87.7 Å². The Kier molecular flexibility index (Phi) is 5.88. The Morgan fingerprint density at radius 2 is 2.04 bits per heavy atom. The summed E-state index contributed by atoms with van der Waals surface area (Å²) in [6, 6.07) is 11.3. The molecule has 0 aliphatic rings. The van der Waals surface area contributed by atoms with Gasteiger partial charge >= 0.3 is 0 Å². The highest BCUT2D eigenvalue weighted by molar-refractivity contribution is 7.89. The predicted octanol–water partition coefficient (Wildman–Crippen LogP) is 3.02. The zero-order valence-electron chi connectivity index (χ0n) is 14.5. The van der Waals surface area contributed by atoms with Crippen molar-refractivity contribution in [1.29, 1.82) is 0 Å². The van der Waals surface area contributed by atoms with Gasteiger partial charge in [0.2, 0.25) is 10.0 Å². The molecular formula is C18H18ClFN4O2S. The quantitative estimate of drug-likeness (QED) is 0.629. The molecule has 0 radical (unpaired) electrons. The summed E-state index contributed by atoms with van der Waals surface area (Å²) in [6.07, 6.45) is 0.937. The second-order valence-electron chi connectivity index (χ2n) is 6.09. The van der Waals surface area contributed by atoms with Crippen LogP contribution in [-0.4, -0.2) is 30.1 Å². The minimum atomic E-state index is -3.78. The fraction of sp³-hybridized carbons (Fsp3) is 0.222. The molecule has 3 aromatic rings. The Bertz CT molecular complexity index is 1050. The molecule has 0 atom stereocenters. The summed E-state index contributed by atoms with van der Waals surface area (Å²) in [5, 5.41) is 6.74. The summed E-state index contributed by atoms with van der Waals surface area (Å²) in [5.41, 5.74) is 2.29. The largest absolute Gasteiger partial charge is 0.263 e. The number of halogens is 2. The van der Waals surface area contributed by atoms with Gasteiger partial charge < -0.3 is 0 Å². The zero-order valence-corrected chi connectivity index (χ0v) is 16.1. The van der Waals surface area contributed by atoms with E-state index in [-0.39, 0.29) is 16.5 Å². The SMILES string of the molecule is Cc1cccc(Cc2nc(CCNS(=O)(=O)c3ccc(F)c(Cl)c3)n[nH]2)c1. The maximum atomic E-state index is 13.2. The Labute approximate surface area is 161 Å². The lowest BCUT2D eigenvalue weighted by atomic mass is 10.1. The summed E-state index contributed by atoms with van der Waals surface area (Å²) in [6.45, 7) is 2.13. The number of aromatic nitrogens is 3. The number of benzene rings is 2. The number of H-pyrrole nitrogens is 1. The molecule has 1 heterocycles. The van der Waals surface area contributed by atoms with Gasteiger partial charge in [-0.1, -0.05) is 41.4 Å². The molecule has 0 saturated heterocycles. The number of nitrogens with zero attached hydrogens (tertiary/aromatic N) is 2. The van der Waals surface area contributed by atoms with Crippen LogP contribution < -0.4 is 4.72 Å². The van der Waals surface area contributed by atoms with Crippen LogP contribution in [0.3, 0.4) is 0 Å². The Hall–Kier alpha value is -2.29. The smallest absolute Gasteiger partial charge is 0.240 e. The van der Waals surface area contributed by atoms with Crippen molar-refractivity contribution < 1.29 is 12.8 Å². The zero-order chi connectivity index (χ0) is 19.4. The minimum Gasteiger partial charge on any atom is -0.263 e. The minimum absolute atomic E-state index is 0.0935. The third-order valence-electron chi connectivity index (χ3n) is 3.87. The maximum Gasteiger partial charge on any atom is 0.240 e. The van der Waals surface area contributed by atoms with Crippen molar-refractivity contribution in [2.24, 2.45) is 0 Å². The highest BCUT2D eigenvalue weighted by Gasteiger charge is 2.16. The highest BCUT2D eigenvalue weighted by Crippen LogP contribution is 2.19. The van der Waals surface area contributed by atoms with Crippen molar-refractivity contribution in [3.8, 4) is 0 Å². The van der Waals surface area contributed by atoms with Crippen LogP contribution in [0.25, 0.3) is 0 Å². The van der Waals surface area contributed by atoms with E-state index in [1.165, 1.54) is 5.56 Å². The summed E-state index contributed by atoms with van der Waals surface area (Å²) < 4.78 is 40.1. The molecule has 9 heteroatoms. The van der Waals surface area contributed by atoms with Gasteiger partial charge in [0.25, 0.3) is 0 Å². The molecule has 0 fully saturated rings. The van der Waals surface area contributed by atoms with Crippen molar-refractivity contribution in [2.75, 3.05) is 6.54 Å². The number of nitrogens with one attached hydrogen (secondary N) is 2. The van der Waals surface area contributed by atoms with E-state index in [9.17, 15) is 12.8 Å². The van der Waals surface area contributed by atoms with Crippen LogP contribution in [0.2, 0.25) is 5.02 Å². The van der Waals surface area contributed by atoms with Crippen LogP contribution >= 0.6 is 11.6 Å². The van der Waals surface area contributed by atoms with E-state index in [4.69, 9.17) is 11.6 Å². The van der Waals surface area contributed by atoms with E-state index < -0.39 is 15.8 Å². The molecule has 0 unspecified atom stereocenters. The van der Waals surface area contributed by atoms with Crippen molar-refractivity contribution in [1.82, 2.24) is 19.9 Å². The molecule has 2 N–H and O–H groups in total. The second kappa shape index (κ2) is 8.16. The average Bonchev–Trinajstić information content (AvgIpc) is 3.04. The first-order valence-electron chi connectivity index (χ1n) is 8.24. The molecule has 0 saturated carbocycles. The Balaban J connectivity index is 1.57. The van der Waals surface area contributed by atoms with Crippen LogP contribution in [0.1, 0.15) is 22.8 Å². The number of aromatic amines is 1. The van der Waals surface area contributed by atoms with Crippen molar-refractivity contribution in [2.45, 2.75) is 24.7 Å². The number of sulfonamides is 1. The van der Waals surface area contributed by atoms with E-state index in [1.807, 2.05) is 25.1 Å². The number of rotatable bonds is 7. The molecule has 3 rings (SSSR count). The van der Waals surface area contributed by atoms with Crippen molar-refractivity contribution >= 4 is 21.6 Å². The van der Waals surface area contributed by atoms with Gasteiger partial charge in [0.1, 0.15) is 11.6 Å². The standard InChI is InChI=1S/C18H18ClFN4O2S/c1-12-3-2-4-13(9-12)10-18-22-17(23-24-18)7-8-21-27(25,26)14-5-6-16(20)15(19)11-14/h2-6,9,11,21H,7-8,10H2,1H3,(H,22,23,24). The lowest BCUT2D eigenvalue weighted by Crippen LogP contribution is -2.26. The first kappa shape index (κ1) is 19.5. The molecule has 0 aliphatic carbocycles. The third kappa shape index (κ3) is 5.12. The fourth-order valence-electron chi connectivity index (χ4n) is 2.57. The first-order valence-corrected chi connectivity index (χ1v) is 10.1. The van der Waals surface area contributed by atoms with Crippen molar-refractivity contribution in [3.05, 3.63) is 76.1 Å². The van der Waals surface area contributed by atoms with E-state index in [0.717, 1.165) is 23.8 Å². The molecule has 0 bridgehead atoms. The molecule has 0 spiro atoms. The molecule has 1 aromatic heterocycles. The monoisotopic (exact) mass is 408 g/mol. The van der Waals surface area contributed by atoms with E-state index in [1.54, 1.807) is 0 Å². The molecule has 27 heavy (non-hydrogen) atoms. The van der Waals surface area contributed by atoms with Crippen molar-refractivity contribution in [3.63, 3.8) is 0 Å². The summed E-state index contributed by atoms with van der Waals surface area (Å²) in [7, 11) is -3.78. The van der Waals surface area contributed by atoms with Crippen LogP contribution in [0.5, 0.6) is 0 Å². The Morgan fingerprint density at radius 3 is 2.78 bits per heavy atom. The summed E-state index contributed by atoms with van der Waals surface area (Å²) >= 11 is 5.64. The van der Waals surface area contributed by atoms with Gasteiger partial charge in [-0.05, 0) is 30.7 Å². The first-order chi connectivity index (χ1) is 12.8. The van der Waals surface area contributed by atoms with Gasteiger partial charge in [-0.2, -0.15) is 5.10 Å². The predicted molar refractivity (Wildman–Crippen MR) is 101 cm³/mol.